The Bertz CT molecular complexity index is 1670. The fourth-order valence-corrected chi connectivity index (χ4v) is 4.62. The van der Waals surface area contributed by atoms with Crippen molar-refractivity contribution in [3.8, 4) is 5.75 Å². The minimum absolute atomic E-state index is 0.00627. The van der Waals surface area contributed by atoms with Crippen LogP contribution in [0.5, 0.6) is 5.75 Å². The second-order valence-corrected chi connectivity index (χ2v) is 10.2. The Kier molecular flexibility index (Phi) is 9.75. The highest BCUT2D eigenvalue weighted by atomic mass is 32.2. The van der Waals surface area contributed by atoms with Gasteiger partial charge in [-0.2, -0.15) is 0 Å². The first-order valence-corrected chi connectivity index (χ1v) is 13.7. The average molecular weight is 582 g/mol. The van der Waals surface area contributed by atoms with Gasteiger partial charge in [-0.3, -0.25) is 14.4 Å². The Morgan fingerprint density at radius 3 is 2.29 bits per heavy atom. The quantitative estimate of drug-likeness (QED) is 0.0939. The molecular weight excluding hydrogens is 554 g/mol. The third-order valence-electron chi connectivity index (χ3n) is 5.85. The minimum atomic E-state index is -1.31. The number of carbonyl (C=O) groups excluding carboxylic acids is 3. The molecule has 4 aromatic rings. The molecule has 0 saturated heterocycles. The standard InChI is InChI=1S/C32H27N3O6S/c1-20-7-5-8-21(15-20)16-27(35-30(38)22-9-3-2-4-10-22)31(39)34-23-11-6-12-25(17-23)42-19-29(37)33-24-13-14-28(36)26(18-24)32(40)41/h2-18,36H,19H2,1H3,(H,33,37)(H,34,39)(H,35,38)(H,40,41)/b27-16+. The van der Waals surface area contributed by atoms with Crippen LogP contribution in [0.25, 0.3) is 6.08 Å². The van der Waals surface area contributed by atoms with Crippen LogP contribution in [-0.4, -0.2) is 39.7 Å². The maximum absolute atomic E-state index is 13.3. The first kappa shape index (κ1) is 29.6. The first-order chi connectivity index (χ1) is 20.2. The summed E-state index contributed by atoms with van der Waals surface area (Å²) in [6, 6.07) is 26.8. The van der Waals surface area contributed by atoms with Gasteiger partial charge in [0.25, 0.3) is 11.8 Å². The fraction of sp³-hybridized carbons (Fsp3) is 0.0625. The van der Waals surface area contributed by atoms with Gasteiger partial charge in [0.2, 0.25) is 5.91 Å². The lowest BCUT2D eigenvalue weighted by Crippen LogP contribution is -2.30. The van der Waals surface area contributed by atoms with Crippen molar-refractivity contribution in [2.45, 2.75) is 11.8 Å². The van der Waals surface area contributed by atoms with E-state index in [0.29, 0.717) is 16.1 Å². The van der Waals surface area contributed by atoms with E-state index in [9.17, 15) is 24.3 Å². The van der Waals surface area contributed by atoms with Gasteiger partial charge in [0.15, 0.2) is 0 Å². The molecule has 0 fully saturated rings. The monoisotopic (exact) mass is 581 g/mol. The van der Waals surface area contributed by atoms with Crippen LogP contribution in [0, 0.1) is 6.92 Å². The molecule has 4 aromatic carbocycles. The highest BCUT2D eigenvalue weighted by Gasteiger charge is 2.16. The van der Waals surface area contributed by atoms with Crippen LogP contribution in [0.4, 0.5) is 11.4 Å². The number of aromatic hydroxyl groups is 1. The molecule has 4 rings (SSSR count). The van der Waals surface area contributed by atoms with Crippen molar-refractivity contribution in [3.05, 3.63) is 125 Å². The zero-order chi connectivity index (χ0) is 30.1. The Hall–Kier alpha value is -5.35. The number of carboxylic acids is 1. The van der Waals surface area contributed by atoms with Crippen molar-refractivity contribution in [1.29, 1.82) is 0 Å². The number of carbonyl (C=O) groups is 4. The number of carboxylic acid groups (broad SMARTS) is 1. The van der Waals surface area contributed by atoms with Gasteiger partial charge in [0.1, 0.15) is 17.0 Å². The van der Waals surface area contributed by atoms with Gasteiger partial charge >= 0.3 is 5.97 Å². The molecule has 5 N–H and O–H groups in total. The van der Waals surface area contributed by atoms with Crippen molar-refractivity contribution >= 4 is 52.9 Å². The minimum Gasteiger partial charge on any atom is -0.507 e. The summed E-state index contributed by atoms with van der Waals surface area (Å²) in [6.45, 7) is 1.93. The summed E-state index contributed by atoms with van der Waals surface area (Å²) in [6.07, 6.45) is 1.60. The first-order valence-electron chi connectivity index (χ1n) is 12.7. The van der Waals surface area contributed by atoms with E-state index >= 15 is 0 Å². The molecule has 9 nitrogen and oxygen atoms in total. The van der Waals surface area contributed by atoms with Crippen molar-refractivity contribution in [2.75, 3.05) is 16.4 Å². The van der Waals surface area contributed by atoms with Gasteiger partial charge in [-0.25, -0.2) is 4.79 Å². The molecule has 10 heteroatoms. The second-order valence-electron chi connectivity index (χ2n) is 9.15. The van der Waals surface area contributed by atoms with Gasteiger partial charge in [-0.15, -0.1) is 11.8 Å². The van der Waals surface area contributed by atoms with Crippen molar-refractivity contribution < 1.29 is 29.4 Å². The number of aryl methyl sites for hydroxylation is 1. The fourth-order valence-electron chi connectivity index (χ4n) is 3.86. The summed E-state index contributed by atoms with van der Waals surface area (Å²) < 4.78 is 0. The smallest absolute Gasteiger partial charge is 0.339 e. The van der Waals surface area contributed by atoms with E-state index in [0.717, 1.165) is 11.1 Å². The Labute approximate surface area is 246 Å². The maximum atomic E-state index is 13.3. The molecule has 0 aliphatic heterocycles. The van der Waals surface area contributed by atoms with Crippen LogP contribution in [0.3, 0.4) is 0 Å². The van der Waals surface area contributed by atoms with E-state index < -0.39 is 23.5 Å². The van der Waals surface area contributed by atoms with E-state index in [4.69, 9.17) is 5.11 Å². The molecule has 0 radical (unpaired) electrons. The number of rotatable bonds is 10. The molecule has 0 aromatic heterocycles. The van der Waals surface area contributed by atoms with Crippen LogP contribution < -0.4 is 16.0 Å². The molecule has 0 atom stereocenters. The number of hydrogen-bond acceptors (Lipinski definition) is 6. The molecule has 0 aliphatic carbocycles. The largest absolute Gasteiger partial charge is 0.507 e. The SMILES string of the molecule is Cc1cccc(/C=C(/NC(=O)c2ccccc2)C(=O)Nc2cccc(SCC(=O)Nc3ccc(O)c(C(=O)O)c3)c2)c1. The predicted octanol–water partition coefficient (Wildman–Crippen LogP) is 5.54. The van der Waals surface area contributed by atoms with E-state index in [1.54, 1.807) is 60.7 Å². The molecule has 0 aliphatic rings. The lowest BCUT2D eigenvalue weighted by Gasteiger charge is -2.12. The van der Waals surface area contributed by atoms with E-state index in [2.05, 4.69) is 16.0 Å². The number of hydrogen-bond donors (Lipinski definition) is 5. The number of aromatic carboxylic acids is 1. The highest BCUT2D eigenvalue weighted by molar-refractivity contribution is 8.00. The van der Waals surface area contributed by atoms with E-state index in [-0.39, 0.29) is 28.6 Å². The molecule has 0 bridgehead atoms. The Balaban J connectivity index is 1.44. The van der Waals surface area contributed by atoms with Gasteiger partial charge < -0.3 is 26.2 Å². The number of benzene rings is 4. The van der Waals surface area contributed by atoms with Crippen LogP contribution in [-0.2, 0) is 9.59 Å². The van der Waals surface area contributed by atoms with Crippen LogP contribution >= 0.6 is 11.8 Å². The average Bonchev–Trinajstić information content (AvgIpc) is 2.97. The maximum Gasteiger partial charge on any atom is 0.339 e. The lowest BCUT2D eigenvalue weighted by atomic mass is 10.1. The summed E-state index contributed by atoms with van der Waals surface area (Å²) in [5.74, 6) is -3.04. The zero-order valence-corrected chi connectivity index (χ0v) is 23.3. The summed E-state index contributed by atoms with van der Waals surface area (Å²) in [5.41, 5.74) is 2.58. The Morgan fingerprint density at radius 2 is 1.55 bits per heavy atom. The number of phenols is 1. The summed E-state index contributed by atoms with van der Waals surface area (Å²) in [4.78, 5) is 50.5. The number of thioether (sulfide) groups is 1. The molecule has 0 spiro atoms. The van der Waals surface area contributed by atoms with Gasteiger partial charge in [-0.05, 0) is 67.1 Å². The molecule has 212 valence electrons. The normalized spacial score (nSPS) is 10.9. The molecule has 0 saturated carbocycles. The number of anilines is 2. The third kappa shape index (κ3) is 8.33. The highest BCUT2D eigenvalue weighted by Crippen LogP contribution is 2.24. The van der Waals surface area contributed by atoms with Crippen LogP contribution in [0.15, 0.2) is 108 Å². The van der Waals surface area contributed by atoms with Crippen molar-refractivity contribution in [3.63, 3.8) is 0 Å². The van der Waals surface area contributed by atoms with Crippen LogP contribution in [0.2, 0.25) is 0 Å². The van der Waals surface area contributed by atoms with Crippen molar-refractivity contribution in [1.82, 2.24) is 5.32 Å². The molecular formula is C32H27N3O6S. The molecule has 3 amide bonds. The Morgan fingerprint density at radius 1 is 0.810 bits per heavy atom. The van der Waals surface area contributed by atoms with E-state index in [1.807, 2.05) is 31.2 Å². The topological polar surface area (TPSA) is 145 Å². The van der Waals surface area contributed by atoms with Crippen molar-refractivity contribution in [2.24, 2.45) is 0 Å². The zero-order valence-electron chi connectivity index (χ0n) is 22.5. The lowest BCUT2D eigenvalue weighted by molar-refractivity contribution is -0.114. The third-order valence-corrected chi connectivity index (χ3v) is 6.85. The molecule has 0 unspecified atom stereocenters. The van der Waals surface area contributed by atoms with Gasteiger partial charge in [-0.1, -0.05) is 54.1 Å². The van der Waals surface area contributed by atoms with E-state index in [1.165, 1.54) is 30.0 Å². The van der Waals surface area contributed by atoms with Crippen LogP contribution in [0.1, 0.15) is 31.8 Å². The van der Waals surface area contributed by atoms with Gasteiger partial charge in [0, 0.05) is 21.8 Å². The number of amides is 3. The number of nitrogens with one attached hydrogen (secondary N) is 3. The molecule has 0 heterocycles. The summed E-state index contributed by atoms with van der Waals surface area (Å²) in [5, 5.41) is 26.9. The second kappa shape index (κ2) is 13.8. The predicted molar refractivity (Wildman–Crippen MR) is 163 cm³/mol. The molecule has 42 heavy (non-hydrogen) atoms. The van der Waals surface area contributed by atoms with Gasteiger partial charge in [0.05, 0.1) is 5.75 Å². The summed E-state index contributed by atoms with van der Waals surface area (Å²) >= 11 is 1.21. The summed E-state index contributed by atoms with van der Waals surface area (Å²) in [7, 11) is 0.